The first-order chi connectivity index (χ1) is 8.05. The van der Waals surface area contributed by atoms with Gasteiger partial charge in [0.25, 0.3) is 0 Å². The summed E-state index contributed by atoms with van der Waals surface area (Å²) in [5.41, 5.74) is 7.30. The van der Waals surface area contributed by atoms with Crippen LogP contribution in [0.2, 0.25) is 0 Å². The fraction of sp³-hybridized carbons (Fsp3) is 0.600. The number of hydrogen-bond acceptors (Lipinski definition) is 2. The van der Waals surface area contributed by atoms with Crippen molar-refractivity contribution in [3.05, 3.63) is 30.3 Å². The molecule has 0 saturated heterocycles. The number of nitrogens with zero attached hydrogens (tertiary/aromatic N) is 1. The molecule has 0 amide bonds. The van der Waals surface area contributed by atoms with Gasteiger partial charge in [-0.3, -0.25) is 0 Å². The van der Waals surface area contributed by atoms with Crippen LogP contribution in [0.1, 0.15) is 33.1 Å². The standard InChI is InChI=1S/C15H26N2/c1-15(2,11-12-16)10-7-13-17(3)14-8-5-4-6-9-14/h4-6,8-9H,7,10-13,16H2,1-3H3. The van der Waals surface area contributed by atoms with Crippen LogP contribution in [-0.2, 0) is 0 Å². The Labute approximate surface area is 106 Å². The Morgan fingerprint density at radius 2 is 1.76 bits per heavy atom. The van der Waals surface area contributed by atoms with Crippen molar-refractivity contribution in [2.75, 3.05) is 25.0 Å². The molecule has 2 heteroatoms. The Morgan fingerprint density at radius 3 is 2.35 bits per heavy atom. The first-order valence-electron chi connectivity index (χ1n) is 6.51. The zero-order valence-electron chi connectivity index (χ0n) is 11.4. The van der Waals surface area contributed by atoms with Gasteiger partial charge in [-0.1, -0.05) is 32.0 Å². The lowest BCUT2D eigenvalue weighted by atomic mass is 9.84. The Morgan fingerprint density at radius 1 is 1.12 bits per heavy atom. The first-order valence-corrected chi connectivity index (χ1v) is 6.51. The summed E-state index contributed by atoms with van der Waals surface area (Å²) in [6, 6.07) is 10.5. The third-order valence-corrected chi connectivity index (χ3v) is 3.37. The van der Waals surface area contributed by atoms with Crippen molar-refractivity contribution < 1.29 is 0 Å². The summed E-state index contributed by atoms with van der Waals surface area (Å²) >= 11 is 0. The lowest BCUT2D eigenvalue weighted by Crippen LogP contribution is -2.22. The fourth-order valence-electron chi connectivity index (χ4n) is 2.12. The molecule has 0 unspecified atom stereocenters. The smallest absolute Gasteiger partial charge is 0.0363 e. The highest BCUT2D eigenvalue weighted by Gasteiger charge is 2.16. The normalized spacial score (nSPS) is 11.5. The molecular formula is C15H26N2. The minimum atomic E-state index is 0.381. The minimum absolute atomic E-state index is 0.381. The van der Waals surface area contributed by atoms with E-state index < -0.39 is 0 Å². The molecule has 0 saturated carbocycles. The second-order valence-corrected chi connectivity index (χ2v) is 5.56. The van der Waals surface area contributed by atoms with E-state index in [0.29, 0.717) is 5.41 Å². The summed E-state index contributed by atoms with van der Waals surface area (Å²) < 4.78 is 0. The molecule has 1 aromatic rings. The van der Waals surface area contributed by atoms with Crippen molar-refractivity contribution in [3.63, 3.8) is 0 Å². The van der Waals surface area contributed by atoms with E-state index in [4.69, 9.17) is 5.73 Å². The van der Waals surface area contributed by atoms with Crippen LogP contribution in [-0.4, -0.2) is 20.1 Å². The van der Waals surface area contributed by atoms with Crippen LogP contribution < -0.4 is 10.6 Å². The van der Waals surface area contributed by atoms with Crippen LogP contribution in [0.15, 0.2) is 30.3 Å². The van der Waals surface area contributed by atoms with E-state index in [1.165, 1.54) is 18.5 Å². The predicted octanol–water partition coefficient (Wildman–Crippen LogP) is 3.28. The van der Waals surface area contributed by atoms with Gasteiger partial charge >= 0.3 is 0 Å². The van der Waals surface area contributed by atoms with Crippen molar-refractivity contribution in [1.82, 2.24) is 0 Å². The van der Waals surface area contributed by atoms with Gasteiger partial charge in [0.2, 0.25) is 0 Å². The van der Waals surface area contributed by atoms with Gasteiger partial charge in [0.05, 0.1) is 0 Å². The van der Waals surface area contributed by atoms with Gasteiger partial charge in [0.1, 0.15) is 0 Å². The van der Waals surface area contributed by atoms with Crippen LogP contribution in [0.5, 0.6) is 0 Å². The Hall–Kier alpha value is -1.02. The van der Waals surface area contributed by atoms with Gasteiger partial charge in [-0.15, -0.1) is 0 Å². The lowest BCUT2D eigenvalue weighted by molar-refractivity contribution is 0.306. The Balaban J connectivity index is 2.32. The molecule has 1 rings (SSSR count). The lowest BCUT2D eigenvalue weighted by Gasteiger charge is -2.26. The van der Waals surface area contributed by atoms with Gasteiger partial charge < -0.3 is 10.6 Å². The molecule has 0 fully saturated rings. The minimum Gasteiger partial charge on any atom is -0.375 e. The molecule has 2 N–H and O–H groups in total. The summed E-state index contributed by atoms with van der Waals surface area (Å²) in [6.07, 6.45) is 3.57. The molecule has 17 heavy (non-hydrogen) atoms. The van der Waals surface area contributed by atoms with Crippen molar-refractivity contribution in [2.45, 2.75) is 33.1 Å². The Bertz CT molecular complexity index is 306. The van der Waals surface area contributed by atoms with E-state index in [-0.39, 0.29) is 0 Å². The highest BCUT2D eigenvalue weighted by atomic mass is 15.1. The third kappa shape index (κ3) is 5.22. The molecule has 0 bridgehead atoms. The zero-order valence-corrected chi connectivity index (χ0v) is 11.4. The number of hydrogen-bond donors (Lipinski definition) is 1. The molecule has 0 spiro atoms. The number of nitrogens with two attached hydrogens (primary N) is 1. The SMILES string of the molecule is CN(CCCC(C)(C)CCN)c1ccccc1. The molecule has 0 aliphatic heterocycles. The van der Waals surface area contributed by atoms with Crippen molar-refractivity contribution in [1.29, 1.82) is 0 Å². The average Bonchev–Trinajstić information content (AvgIpc) is 2.29. The molecule has 0 aliphatic rings. The molecule has 0 heterocycles. The Kier molecular flexibility index (Phi) is 5.49. The van der Waals surface area contributed by atoms with Crippen molar-refractivity contribution in [2.24, 2.45) is 11.1 Å². The monoisotopic (exact) mass is 234 g/mol. The van der Waals surface area contributed by atoms with Crippen molar-refractivity contribution in [3.8, 4) is 0 Å². The maximum atomic E-state index is 5.63. The average molecular weight is 234 g/mol. The molecule has 0 aliphatic carbocycles. The molecular weight excluding hydrogens is 208 g/mol. The second kappa shape index (κ2) is 6.65. The fourth-order valence-corrected chi connectivity index (χ4v) is 2.12. The third-order valence-electron chi connectivity index (χ3n) is 3.37. The summed E-state index contributed by atoms with van der Waals surface area (Å²) in [5.74, 6) is 0. The van der Waals surface area contributed by atoms with Gasteiger partial charge in [-0.25, -0.2) is 0 Å². The maximum absolute atomic E-state index is 5.63. The summed E-state index contributed by atoms with van der Waals surface area (Å²) in [4.78, 5) is 2.32. The summed E-state index contributed by atoms with van der Waals surface area (Å²) in [7, 11) is 2.16. The van der Waals surface area contributed by atoms with Crippen LogP contribution in [0.3, 0.4) is 0 Å². The van der Waals surface area contributed by atoms with Crippen LogP contribution >= 0.6 is 0 Å². The number of rotatable bonds is 7. The van der Waals surface area contributed by atoms with Crippen molar-refractivity contribution >= 4 is 5.69 Å². The number of para-hydroxylation sites is 1. The molecule has 0 aromatic heterocycles. The van der Waals surface area contributed by atoms with Crippen LogP contribution in [0.4, 0.5) is 5.69 Å². The highest BCUT2D eigenvalue weighted by molar-refractivity contribution is 5.44. The van der Waals surface area contributed by atoms with E-state index in [0.717, 1.165) is 19.5 Å². The predicted molar refractivity (Wildman–Crippen MR) is 76.4 cm³/mol. The number of benzene rings is 1. The quantitative estimate of drug-likeness (QED) is 0.784. The van der Waals surface area contributed by atoms with E-state index in [1.54, 1.807) is 0 Å². The second-order valence-electron chi connectivity index (χ2n) is 5.56. The first kappa shape index (κ1) is 14.0. The van der Waals surface area contributed by atoms with E-state index in [9.17, 15) is 0 Å². The molecule has 1 aromatic carbocycles. The van der Waals surface area contributed by atoms with Gasteiger partial charge in [0.15, 0.2) is 0 Å². The maximum Gasteiger partial charge on any atom is 0.0363 e. The molecule has 96 valence electrons. The summed E-state index contributed by atoms with van der Waals surface area (Å²) in [6.45, 7) is 6.52. The van der Waals surface area contributed by atoms with E-state index in [1.807, 2.05) is 0 Å². The largest absolute Gasteiger partial charge is 0.375 e. The molecule has 0 atom stereocenters. The van der Waals surface area contributed by atoms with Crippen LogP contribution in [0, 0.1) is 5.41 Å². The number of anilines is 1. The van der Waals surface area contributed by atoms with Crippen LogP contribution in [0.25, 0.3) is 0 Å². The van der Waals surface area contributed by atoms with Gasteiger partial charge in [-0.05, 0) is 43.4 Å². The molecule has 2 nitrogen and oxygen atoms in total. The zero-order chi connectivity index (χ0) is 12.7. The van der Waals surface area contributed by atoms with Gasteiger partial charge in [0, 0.05) is 19.3 Å². The summed E-state index contributed by atoms with van der Waals surface area (Å²) in [5, 5.41) is 0. The molecule has 0 radical (unpaired) electrons. The highest BCUT2D eigenvalue weighted by Crippen LogP contribution is 2.26. The van der Waals surface area contributed by atoms with E-state index in [2.05, 4.69) is 56.1 Å². The van der Waals surface area contributed by atoms with Gasteiger partial charge in [-0.2, -0.15) is 0 Å². The van der Waals surface area contributed by atoms with E-state index >= 15 is 0 Å². The topological polar surface area (TPSA) is 29.3 Å².